The van der Waals surface area contributed by atoms with E-state index in [1.165, 1.54) is 11.8 Å². The van der Waals surface area contributed by atoms with Crippen LogP contribution in [0.5, 0.6) is 5.75 Å². The number of carbonyl (C=O) groups is 1. The monoisotopic (exact) mass is 482 g/mol. The van der Waals surface area contributed by atoms with Crippen LogP contribution in [0.15, 0.2) is 74.0 Å². The van der Waals surface area contributed by atoms with Crippen molar-refractivity contribution in [3.63, 3.8) is 0 Å². The second-order valence-electron chi connectivity index (χ2n) is 6.86. The summed E-state index contributed by atoms with van der Waals surface area (Å²) in [5.74, 6) is 1.05. The largest absolute Gasteiger partial charge is 0.496 e. The number of thioether (sulfide) groups is 1. The highest BCUT2D eigenvalue weighted by Crippen LogP contribution is 2.37. The molecule has 1 atom stereocenters. The predicted octanol–water partition coefficient (Wildman–Crippen LogP) is 5.34. The zero-order valence-electron chi connectivity index (χ0n) is 17.0. The Labute approximate surface area is 196 Å². The van der Waals surface area contributed by atoms with E-state index in [1.54, 1.807) is 34.8 Å². The Kier molecular flexibility index (Phi) is 6.06. The molecule has 0 saturated carbocycles. The maximum absolute atomic E-state index is 13.1. The number of amides is 1. The minimum Gasteiger partial charge on any atom is -0.496 e. The standard InChI is InChI=1S/C22H18N4O3S3/c1-28-17-7-3-2-6-14(17)21-23-24-22(29-21)32-13-20(27)26-16(19-9-5-11-31-19)12-15(25-26)18-8-4-10-30-18/h2-11,16H,12-13H2,1H3. The van der Waals surface area contributed by atoms with Crippen molar-refractivity contribution < 1.29 is 13.9 Å². The fourth-order valence-electron chi connectivity index (χ4n) is 3.42. The van der Waals surface area contributed by atoms with Gasteiger partial charge in [0.05, 0.1) is 35.1 Å². The molecule has 10 heteroatoms. The number of para-hydroxylation sites is 1. The number of benzene rings is 1. The van der Waals surface area contributed by atoms with Crippen molar-refractivity contribution >= 4 is 46.1 Å². The molecule has 0 aliphatic carbocycles. The van der Waals surface area contributed by atoms with Crippen LogP contribution in [-0.2, 0) is 4.79 Å². The van der Waals surface area contributed by atoms with Gasteiger partial charge in [0, 0.05) is 11.3 Å². The number of ether oxygens (including phenoxy) is 1. The minimum atomic E-state index is -0.100. The molecule has 162 valence electrons. The summed E-state index contributed by atoms with van der Waals surface area (Å²) < 4.78 is 11.1. The number of thiophene rings is 2. The number of aromatic nitrogens is 2. The Morgan fingerprint density at radius 1 is 1.16 bits per heavy atom. The van der Waals surface area contributed by atoms with E-state index in [0.29, 0.717) is 28.8 Å². The Hall–Kier alpha value is -2.95. The van der Waals surface area contributed by atoms with E-state index >= 15 is 0 Å². The topological polar surface area (TPSA) is 80.8 Å². The molecule has 1 aromatic carbocycles. The number of rotatable bonds is 7. The van der Waals surface area contributed by atoms with Crippen LogP contribution < -0.4 is 4.74 Å². The normalized spacial score (nSPS) is 15.7. The lowest BCUT2D eigenvalue weighted by Crippen LogP contribution is -2.28. The van der Waals surface area contributed by atoms with Gasteiger partial charge < -0.3 is 9.15 Å². The third-order valence-corrected chi connectivity index (χ3v) is 7.60. The SMILES string of the molecule is COc1ccccc1-c1nnc(SCC(=O)N2N=C(c3cccs3)CC2c2cccs2)o1. The van der Waals surface area contributed by atoms with Crippen molar-refractivity contribution in [1.29, 1.82) is 0 Å². The Morgan fingerprint density at radius 2 is 2.00 bits per heavy atom. The van der Waals surface area contributed by atoms with Crippen LogP contribution in [0.25, 0.3) is 11.5 Å². The molecule has 7 nitrogen and oxygen atoms in total. The summed E-state index contributed by atoms with van der Waals surface area (Å²) in [7, 11) is 1.59. The third-order valence-electron chi connectivity index (χ3n) is 4.91. The molecule has 0 bridgehead atoms. The van der Waals surface area contributed by atoms with Gasteiger partial charge >= 0.3 is 0 Å². The van der Waals surface area contributed by atoms with Crippen molar-refractivity contribution in [2.24, 2.45) is 5.10 Å². The molecule has 1 aliphatic rings. The summed E-state index contributed by atoms with van der Waals surface area (Å²) in [4.78, 5) is 15.3. The lowest BCUT2D eigenvalue weighted by atomic mass is 10.1. The Bertz CT molecular complexity index is 1240. The van der Waals surface area contributed by atoms with Crippen molar-refractivity contribution in [1.82, 2.24) is 15.2 Å². The first kappa shape index (κ1) is 20.9. The van der Waals surface area contributed by atoms with Crippen LogP contribution in [0.4, 0.5) is 0 Å². The van der Waals surface area contributed by atoms with E-state index in [2.05, 4.69) is 15.3 Å². The zero-order chi connectivity index (χ0) is 21.9. The van der Waals surface area contributed by atoms with Gasteiger partial charge in [0.1, 0.15) is 5.75 Å². The molecular formula is C22H18N4O3S3. The van der Waals surface area contributed by atoms with Crippen LogP contribution in [0.3, 0.4) is 0 Å². The molecule has 3 aromatic heterocycles. The molecule has 0 saturated heterocycles. The molecule has 4 heterocycles. The summed E-state index contributed by atoms with van der Waals surface area (Å²) in [6, 6.07) is 15.4. The quantitative estimate of drug-likeness (QED) is 0.331. The fraction of sp³-hybridized carbons (Fsp3) is 0.182. The van der Waals surface area contributed by atoms with E-state index < -0.39 is 0 Å². The molecular weight excluding hydrogens is 464 g/mol. The number of carbonyl (C=O) groups excluding carboxylic acids is 1. The van der Waals surface area contributed by atoms with E-state index in [1.807, 2.05) is 59.3 Å². The molecule has 1 amide bonds. The van der Waals surface area contributed by atoms with Crippen molar-refractivity contribution in [3.8, 4) is 17.2 Å². The number of hydrogen-bond donors (Lipinski definition) is 0. The van der Waals surface area contributed by atoms with Crippen LogP contribution in [0.2, 0.25) is 0 Å². The van der Waals surface area contributed by atoms with Gasteiger partial charge in [-0.1, -0.05) is 36.0 Å². The van der Waals surface area contributed by atoms with E-state index in [-0.39, 0.29) is 17.7 Å². The van der Waals surface area contributed by atoms with E-state index in [0.717, 1.165) is 15.5 Å². The summed E-state index contributed by atoms with van der Waals surface area (Å²) in [5.41, 5.74) is 1.65. The molecule has 5 rings (SSSR count). The van der Waals surface area contributed by atoms with Gasteiger partial charge in [-0.3, -0.25) is 4.79 Å². The fourth-order valence-corrected chi connectivity index (χ4v) is 5.57. The molecule has 32 heavy (non-hydrogen) atoms. The molecule has 1 aliphatic heterocycles. The summed E-state index contributed by atoms with van der Waals surface area (Å²) in [6.45, 7) is 0. The summed E-state index contributed by atoms with van der Waals surface area (Å²) in [6.07, 6.45) is 0.704. The average Bonchev–Trinajstić information content (AvgIpc) is 3.63. The second-order valence-corrected chi connectivity index (χ2v) is 9.71. The van der Waals surface area contributed by atoms with Gasteiger partial charge in [0.15, 0.2) is 0 Å². The highest BCUT2D eigenvalue weighted by atomic mass is 32.2. The minimum absolute atomic E-state index is 0.0907. The lowest BCUT2D eigenvalue weighted by Gasteiger charge is -2.20. The van der Waals surface area contributed by atoms with Gasteiger partial charge in [0.2, 0.25) is 0 Å². The van der Waals surface area contributed by atoms with Crippen LogP contribution >= 0.6 is 34.4 Å². The number of hydrogen-bond acceptors (Lipinski definition) is 9. The number of methoxy groups -OCH3 is 1. The van der Waals surface area contributed by atoms with Gasteiger partial charge in [0.25, 0.3) is 17.0 Å². The van der Waals surface area contributed by atoms with Gasteiger partial charge in [-0.25, -0.2) is 5.01 Å². The summed E-state index contributed by atoms with van der Waals surface area (Å²) in [5, 5.41) is 18.8. The maximum atomic E-state index is 13.1. The molecule has 0 N–H and O–H groups in total. The first-order valence-corrected chi connectivity index (χ1v) is 12.5. The molecule has 0 fully saturated rings. The Balaban J connectivity index is 1.31. The smallest absolute Gasteiger partial charge is 0.277 e. The van der Waals surface area contributed by atoms with Crippen molar-refractivity contribution in [2.75, 3.05) is 12.9 Å². The molecule has 0 spiro atoms. The molecule has 1 unspecified atom stereocenters. The number of nitrogens with zero attached hydrogens (tertiary/aromatic N) is 4. The highest BCUT2D eigenvalue weighted by Gasteiger charge is 2.34. The molecule has 0 radical (unpaired) electrons. The van der Waals surface area contributed by atoms with E-state index in [4.69, 9.17) is 9.15 Å². The lowest BCUT2D eigenvalue weighted by molar-refractivity contribution is -0.130. The first-order chi connectivity index (χ1) is 15.7. The van der Waals surface area contributed by atoms with Crippen LogP contribution in [0.1, 0.15) is 22.2 Å². The van der Waals surface area contributed by atoms with Gasteiger partial charge in [-0.05, 0) is 35.0 Å². The van der Waals surface area contributed by atoms with Crippen LogP contribution in [0, 0.1) is 0 Å². The zero-order valence-corrected chi connectivity index (χ0v) is 19.5. The van der Waals surface area contributed by atoms with Crippen molar-refractivity contribution in [3.05, 3.63) is 69.0 Å². The first-order valence-electron chi connectivity index (χ1n) is 9.79. The third kappa shape index (κ3) is 4.21. The number of hydrazone groups is 1. The highest BCUT2D eigenvalue weighted by molar-refractivity contribution is 7.99. The van der Waals surface area contributed by atoms with Crippen LogP contribution in [-0.4, -0.2) is 39.7 Å². The maximum Gasteiger partial charge on any atom is 0.277 e. The Morgan fingerprint density at radius 3 is 2.78 bits per heavy atom. The average molecular weight is 483 g/mol. The second kappa shape index (κ2) is 9.27. The van der Waals surface area contributed by atoms with E-state index in [9.17, 15) is 4.79 Å². The van der Waals surface area contributed by atoms with Gasteiger partial charge in [-0.15, -0.1) is 32.9 Å². The van der Waals surface area contributed by atoms with Gasteiger partial charge in [-0.2, -0.15) is 5.10 Å². The summed E-state index contributed by atoms with van der Waals surface area (Å²) >= 11 is 4.48. The predicted molar refractivity (Wildman–Crippen MR) is 126 cm³/mol. The van der Waals surface area contributed by atoms with Crippen molar-refractivity contribution in [2.45, 2.75) is 17.7 Å². The molecule has 4 aromatic rings.